The first-order chi connectivity index (χ1) is 11.4. The van der Waals surface area contributed by atoms with E-state index in [2.05, 4.69) is 15.1 Å². The molecule has 0 saturated carbocycles. The number of H-pyrrole nitrogens is 1. The predicted molar refractivity (Wildman–Crippen MR) is 90.2 cm³/mol. The van der Waals surface area contributed by atoms with Crippen LogP contribution in [0.25, 0.3) is 0 Å². The standard InChI is InChI=1S/C15H19ClN6O2/c1-20(2)15-18-12-9-21(5-3-11(12)14(24)19-15)13(23)4-6-22-8-10(16)7-17-22/h7-8H,3-6,9H2,1-2H3,(H,18,19,24). The Morgan fingerprint density at radius 3 is 2.92 bits per heavy atom. The van der Waals surface area contributed by atoms with Gasteiger partial charge in [0.15, 0.2) is 0 Å². The maximum atomic E-state index is 12.4. The normalized spacial score (nSPS) is 13.7. The molecule has 0 fully saturated rings. The van der Waals surface area contributed by atoms with Gasteiger partial charge in [0, 0.05) is 45.4 Å². The number of fused-ring (bicyclic) bond motifs is 1. The third-order valence-corrected chi connectivity index (χ3v) is 4.19. The number of carbonyl (C=O) groups excluding carboxylic acids is 1. The average Bonchev–Trinajstić information content (AvgIpc) is 2.97. The lowest BCUT2D eigenvalue weighted by molar-refractivity contribution is -0.132. The Morgan fingerprint density at radius 1 is 1.46 bits per heavy atom. The van der Waals surface area contributed by atoms with E-state index in [9.17, 15) is 9.59 Å². The average molecular weight is 351 g/mol. The van der Waals surface area contributed by atoms with Crippen LogP contribution in [0.15, 0.2) is 17.2 Å². The van der Waals surface area contributed by atoms with Crippen LogP contribution in [0.4, 0.5) is 5.95 Å². The SMILES string of the molecule is CN(C)c1nc2c(c(=O)[nH]1)CCN(C(=O)CCn1cc(Cl)cn1)C2. The molecule has 1 aliphatic heterocycles. The molecule has 0 atom stereocenters. The van der Waals surface area contributed by atoms with Crippen LogP contribution in [0, 0.1) is 0 Å². The fraction of sp³-hybridized carbons (Fsp3) is 0.467. The second-order valence-corrected chi connectivity index (χ2v) is 6.38. The number of hydrogen-bond donors (Lipinski definition) is 1. The molecule has 1 aliphatic rings. The molecule has 0 saturated heterocycles. The van der Waals surface area contributed by atoms with Gasteiger partial charge in [0.2, 0.25) is 11.9 Å². The molecule has 1 amide bonds. The van der Waals surface area contributed by atoms with E-state index in [1.165, 1.54) is 0 Å². The molecule has 3 rings (SSSR count). The zero-order valence-electron chi connectivity index (χ0n) is 13.6. The van der Waals surface area contributed by atoms with Gasteiger partial charge in [0.05, 0.1) is 23.5 Å². The third kappa shape index (κ3) is 3.43. The number of aromatic nitrogens is 4. The van der Waals surface area contributed by atoms with Gasteiger partial charge in [0.1, 0.15) is 0 Å². The molecule has 0 spiro atoms. The Labute approximate surface area is 144 Å². The number of carbonyl (C=O) groups is 1. The Kier molecular flexibility index (Phi) is 4.57. The van der Waals surface area contributed by atoms with Crippen LogP contribution < -0.4 is 10.5 Å². The number of nitrogens with zero attached hydrogens (tertiary/aromatic N) is 5. The van der Waals surface area contributed by atoms with Crippen molar-refractivity contribution in [1.29, 1.82) is 0 Å². The highest BCUT2D eigenvalue weighted by molar-refractivity contribution is 6.30. The number of amides is 1. The summed E-state index contributed by atoms with van der Waals surface area (Å²) in [6, 6.07) is 0. The Balaban J connectivity index is 1.69. The number of halogens is 1. The smallest absolute Gasteiger partial charge is 0.255 e. The number of aryl methyl sites for hydroxylation is 1. The zero-order chi connectivity index (χ0) is 17.3. The Hall–Kier alpha value is -2.35. The maximum absolute atomic E-state index is 12.4. The van der Waals surface area contributed by atoms with E-state index in [0.717, 1.165) is 0 Å². The lowest BCUT2D eigenvalue weighted by atomic mass is 10.1. The molecule has 9 heteroatoms. The van der Waals surface area contributed by atoms with E-state index < -0.39 is 0 Å². The van der Waals surface area contributed by atoms with Crippen LogP contribution in [-0.4, -0.2) is 51.2 Å². The van der Waals surface area contributed by atoms with Crippen LogP contribution in [0.2, 0.25) is 5.02 Å². The van der Waals surface area contributed by atoms with Crippen molar-refractivity contribution in [2.24, 2.45) is 0 Å². The second-order valence-electron chi connectivity index (χ2n) is 5.95. The largest absolute Gasteiger partial charge is 0.348 e. The topological polar surface area (TPSA) is 87.1 Å². The van der Waals surface area contributed by atoms with Gasteiger partial charge >= 0.3 is 0 Å². The summed E-state index contributed by atoms with van der Waals surface area (Å²) in [5.74, 6) is 0.514. The number of anilines is 1. The van der Waals surface area contributed by atoms with Crippen molar-refractivity contribution in [2.75, 3.05) is 25.5 Å². The Morgan fingerprint density at radius 2 is 2.25 bits per heavy atom. The molecule has 2 aromatic rings. The van der Waals surface area contributed by atoms with Crippen molar-refractivity contribution in [3.63, 3.8) is 0 Å². The molecule has 8 nitrogen and oxygen atoms in total. The molecule has 2 aromatic heterocycles. The summed E-state index contributed by atoms with van der Waals surface area (Å²) in [6.45, 7) is 1.36. The summed E-state index contributed by atoms with van der Waals surface area (Å²) in [6.07, 6.45) is 4.08. The molecule has 0 bridgehead atoms. The highest BCUT2D eigenvalue weighted by Crippen LogP contribution is 2.16. The van der Waals surface area contributed by atoms with Gasteiger partial charge in [0.25, 0.3) is 5.56 Å². The molecular formula is C15H19ClN6O2. The molecular weight excluding hydrogens is 332 g/mol. The van der Waals surface area contributed by atoms with Gasteiger partial charge in [-0.05, 0) is 6.42 Å². The van der Waals surface area contributed by atoms with Crippen molar-refractivity contribution in [1.82, 2.24) is 24.6 Å². The van der Waals surface area contributed by atoms with E-state index in [1.807, 2.05) is 14.1 Å². The fourth-order valence-electron chi connectivity index (χ4n) is 2.68. The second kappa shape index (κ2) is 6.64. The minimum Gasteiger partial charge on any atom is -0.348 e. The highest BCUT2D eigenvalue weighted by atomic mass is 35.5. The summed E-state index contributed by atoms with van der Waals surface area (Å²) >= 11 is 5.81. The minimum atomic E-state index is -0.123. The fourth-order valence-corrected chi connectivity index (χ4v) is 2.84. The number of aromatic amines is 1. The van der Waals surface area contributed by atoms with Crippen LogP contribution in [0.1, 0.15) is 17.7 Å². The lowest BCUT2D eigenvalue weighted by Gasteiger charge is -2.28. The molecule has 0 radical (unpaired) electrons. The summed E-state index contributed by atoms with van der Waals surface area (Å²) in [5.41, 5.74) is 1.22. The third-order valence-electron chi connectivity index (χ3n) is 3.99. The van der Waals surface area contributed by atoms with E-state index in [-0.39, 0.29) is 11.5 Å². The Bertz CT molecular complexity index is 813. The summed E-state index contributed by atoms with van der Waals surface area (Å²) in [7, 11) is 3.62. The quantitative estimate of drug-likeness (QED) is 0.875. The molecule has 3 heterocycles. The number of rotatable bonds is 4. The van der Waals surface area contributed by atoms with Crippen molar-refractivity contribution in [3.8, 4) is 0 Å². The van der Waals surface area contributed by atoms with Crippen molar-refractivity contribution < 1.29 is 4.79 Å². The van der Waals surface area contributed by atoms with Crippen molar-refractivity contribution in [3.05, 3.63) is 39.0 Å². The predicted octanol–water partition coefficient (Wildman–Crippen LogP) is 0.661. The van der Waals surface area contributed by atoms with Gasteiger partial charge in [-0.15, -0.1) is 0 Å². The van der Waals surface area contributed by atoms with E-state index in [1.54, 1.807) is 26.9 Å². The van der Waals surface area contributed by atoms with Crippen LogP contribution in [0.5, 0.6) is 0 Å². The maximum Gasteiger partial charge on any atom is 0.255 e. The molecule has 0 aromatic carbocycles. The van der Waals surface area contributed by atoms with Gasteiger partial charge in [-0.1, -0.05) is 11.6 Å². The van der Waals surface area contributed by atoms with Gasteiger partial charge in [-0.3, -0.25) is 19.3 Å². The lowest BCUT2D eigenvalue weighted by Crippen LogP contribution is -2.39. The molecule has 128 valence electrons. The zero-order valence-corrected chi connectivity index (χ0v) is 14.4. The van der Waals surface area contributed by atoms with Crippen molar-refractivity contribution in [2.45, 2.75) is 25.9 Å². The summed E-state index contributed by atoms with van der Waals surface area (Å²) in [4.78, 5) is 35.3. The molecule has 1 N–H and O–H groups in total. The van der Waals surface area contributed by atoms with Crippen molar-refractivity contribution >= 4 is 23.5 Å². The number of nitrogens with one attached hydrogen (secondary N) is 1. The minimum absolute atomic E-state index is 0.0146. The molecule has 0 unspecified atom stereocenters. The first kappa shape index (κ1) is 16.5. The first-order valence-electron chi connectivity index (χ1n) is 7.69. The van der Waals surface area contributed by atoms with Crippen LogP contribution in [-0.2, 0) is 24.3 Å². The van der Waals surface area contributed by atoms with Crippen LogP contribution in [0.3, 0.4) is 0 Å². The van der Waals surface area contributed by atoms with Gasteiger partial charge in [-0.2, -0.15) is 5.10 Å². The molecule has 0 aliphatic carbocycles. The monoisotopic (exact) mass is 350 g/mol. The van der Waals surface area contributed by atoms with Gasteiger partial charge < -0.3 is 9.80 Å². The highest BCUT2D eigenvalue weighted by Gasteiger charge is 2.24. The summed E-state index contributed by atoms with van der Waals surface area (Å²) < 4.78 is 1.64. The first-order valence-corrected chi connectivity index (χ1v) is 8.07. The van der Waals surface area contributed by atoms with Gasteiger partial charge in [-0.25, -0.2) is 4.98 Å². The number of hydrogen-bond acceptors (Lipinski definition) is 5. The van der Waals surface area contributed by atoms with E-state index >= 15 is 0 Å². The van der Waals surface area contributed by atoms with E-state index in [0.29, 0.717) is 54.7 Å². The summed E-state index contributed by atoms with van der Waals surface area (Å²) in [5, 5.41) is 4.61. The molecule has 24 heavy (non-hydrogen) atoms. The van der Waals surface area contributed by atoms with E-state index in [4.69, 9.17) is 11.6 Å². The van der Waals surface area contributed by atoms with Crippen LogP contribution >= 0.6 is 11.6 Å².